The minimum absolute atomic E-state index is 0.0848. The lowest BCUT2D eigenvalue weighted by Crippen LogP contribution is -2.54. The van der Waals surface area contributed by atoms with Crippen LogP contribution in [-0.4, -0.2) is 40.5 Å². The van der Waals surface area contributed by atoms with Gasteiger partial charge in [0.25, 0.3) is 0 Å². The van der Waals surface area contributed by atoms with Gasteiger partial charge >= 0.3 is 0 Å². The van der Waals surface area contributed by atoms with Gasteiger partial charge in [-0.25, -0.2) is 13.1 Å². The predicted octanol–water partition coefficient (Wildman–Crippen LogP) is -0.498. The largest absolute Gasteiger partial charge is 0.399 e. The van der Waals surface area contributed by atoms with Crippen LogP contribution in [0.2, 0.25) is 0 Å². The molecule has 1 fully saturated rings. The maximum Gasteiger partial charge on any atom is 0.242 e. The van der Waals surface area contributed by atoms with Gasteiger partial charge in [0.1, 0.15) is 10.9 Å². The van der Waals surface area contributed by atoms with Crippen LogP contribution in [0.25, 0.3) is 0 Å². The molecular formula is C12H18N4O3S. The first-order valence-electron chi connectivity index (χ1n) is 6.24. The lowest BCUT2D eigenvalue weighted by molar-refractivity contribution is -0.122. The second-order valence-electron chi connectivity index (χ2n) is 4.60. The highest BCUT2D eigenvalue weighted by molar-refractivity contribution is 7.89. The average molecular weight is 298 g/mol. The topological polar surface area (TPSA) is 105 Å². The quantitative estimate of drug-likeness (QED) is 0.653. The third kappa shape index (κ3) is 2.56. The molecule has 0 aliphatic carbocycles. The summed E-state index contributed by atoms with van der Waals surface area (Å²) in [6, 6.07) is 4.23. The van der Waals surface area contributed by atoms with Crippen molar-refractivity contribution in [3.05, 3.63) is 18.2 Å². The summed E-state index contributed by atoms with van der Waals surface area (Å²) in [4.78, 5) is 13.6. The van der Waals surface area contributed by atoms with Crippen molar-refractivity contribution >= 4 is 27.3 Å². The molecule has 1 atom stereocenters. The first-order chi connectivity index (χ1) is 9.36. The van der Waals surface area contributed by atoms with E-state index < -0.39 is 16.1 Å². The molecule has 4 N–H and O–H groups in total. The molecule has 1 saturated heterocycles. The number of piperazine rings is 1. The normalized spacial score (nSPS) is 19.8. The molecule has 1 aromatic carbocycles. The third-order valence-electron chi connectivity index (χ3n) is 3.35. The molecule has 1 heterocycles. The van der Waals surface area contributed by atoms with Crippen LogP contribution in [0.15, 0.2) is 23.1 Å². The molecule has 0 saturated carbocycles. The average Bonchev–Trinajstić information content (AvgIpc) is 2.42. The number of carbonyl (C=O) groups excluding carboxylic acids is 1. The van der Waals surface area contributed by atoms with Gasteiger partial charge in [0.15, 0.2) is 0 Å². The van der Waals surface area contributed by atoms with Crippen LogP contribution in [0, 0.1) is 0 Å². The Morgan fingerprint density at radius 2 is 2.15 bits per heavy atom. The van der Waals surface area contributed by atoms with Crippen molar-refractivity contribution in [2.75, 3.05) is 30.8 Å². The Morgan fingerprint density at radius 3 is 2.80 bits per heavy atom. The molecule has 0 spiro atoms. The lowest BCUT2D eigenvalue weighted by Gasteiger charge is -2.35. The Kier molecular flexibility index (Phi) is 3.87. The molecule has 1 unspecified atom stereocenters. The highest BCUT2D eigenvalue weighted by Gasteiger charge is 2.29. The number of benzene rings is 1. The number of nitrogen functional groups attached to an aromatic ring is 1. The summed E-state index contributed by atoms with van der Waals surface area (Å²) >= 11 is 0. The zero-order valence-electron chi connectivity index (χ0n) is 11.4. The Labute approximate surface area is 118 Å². The van der Waals surface area contributed by atoms with Gasteiger partial charge in [-0.3, -0.25) is 4.79 Å². The summed E-state index contributed by atoms with van der Waals surface area (Å²) in [5.41, 5.74) is 6.52. The van der Waals surface area contributed by atoms with Gasteiger partial charge in [0.2, 0.25) is 15.9 Å². The second kappa shape index (κ2) is 5.29. The number of rotatable bonds is 3. The molecule has 20 heavy (non-hydrogen) atoms. The van der Waals surface area contributed by atoms with Crippen LogP contribution in [-0.2, 0) is 14.8 Å². The summed E-state index contributed by atoms with van der Waals surface area (Å²) in [7, 11) is -2.30. The summed E-state index contributed by atoms with van der Waals surface area (Å²) < 4.78 is 26.5. The third-order valence-corrected chi connectivity index (χ3v) is 4.79. The number of nitrogens with one attached hydrogen (secondary N) is 2. The number of nitrogens with zero attached hydrogens (tertiary/aromatic N) is 1. The van der Waals surface area contributed by atoms with E-state index >= 15 is 0 Å². The van der Waals surface area contributed by atoms with Gasteiger partial charge in [-0.05, 0) is 32.2 Å². The highest BCUT2D eigenvalue weighted by Crippen LogP contribution is 2.29. The van der Waals surface area contributed by atoms with Crippen molar-refractivity contribution in [1.29, 1.82) is 0 Å². The molecule has 0 bridgehead atoms. The van der Waals surface area contributed by atoms with Crippen LogP contribution < -0.4 is 20.7 Å². The van der Waals surface area contributed by atoms with E-state index in [0.717, 1.165) is 0 Å². The molecule has 7 nitrogen and oxygen atoms in total. The second-order valence-corrected chi connectivity index (χ2v) is 6.45. The number of hydrogen-bond donors (Lipinski definition) is 3. The Hall–Kier alpha value is -1.80. The van der Waals surface area contributed by atoms with E-state index in [0.29, 0.717) is 24.5 Å². The van der Waals surface area contributed by atoms with E-state index in [2.05, 4.69) is 10.0 Å². The standard InChI is InChI=1S/C12H18N4O3S/c1-8-12(17)15-5-6-16(8)10-4-3-9(13)7-11(10)20(18,19)14-2/h3-4,7-8,14H,5-6,13H2,1-2H3,(H,15,17). The summed E-state index contributed by atoms with van der Waals surface area (Å²) in [5.74, 6) is -0.124. The van der Waals surface area contributed by atoms with Gasteiger partial charge in [0, 0.05) is 18.8 Å². The molecule has 1 aliphatic heterocycles. The van der Waals surface area contributed by atoms with Gasteiger partial charge in [-0.2, -0.15) is 0 Å². The summed E-state index contributed by atoms with van der Waals surface area (Å²) in [6.45, 7) is 2.76. The first kappa shape index (κ1) is 14.6. The van der Waals surface area contributed by atoms with E-state index in [9.17, 15) is 13.2 Å². The zero-order valence-corrected chi connectivity index (χ0v) is 12.2. The van der Waals surface area contributed by atoms with Crippen LogP contribution >= 0.6 is 0 Å². The number of nitrogens with two attached hydrogens (primary N) is 1. The number of anilines is 2. The fraction of sp³-hybridized carbons (Fsp3) is 0.417. The molecule has 1 amide bonds. The molecule has 110 valence electrons. The van der Waals surface area contributed by atoms with E-state index in [4.69, 9.17) is 5.73 Å². The van der Waals surface area contributed by atoms with Crippen molar-refractivity contribution in [3.63, 3.8) is 0 Å². The number of hydrogen-bond acceptors (Lipinski definition) is 5. The number of amides is 1. The molecule has 2 rings (SSSR count). The Balaban J connectivity index is 2.54. The molecule has 1 aromatic rings. The lowest BCUT2D eigenvalue weighted by atomic mass is 10.1. The van der Waals surface area contributed by atoms with Crippen LogP contribution in [0.4, 0.5) is 11.4 Å². The van der Waals surface area contributed by atoms with Crippen LogP contribution in [0.1, 0.15) is 6.92 Å². The monoisotopic (exact) mass is 298 g/mol. The van der Waals surface area contributed by atoms with Crippen molar-refractivity contribution in [2.24, 2.45) is 0 Å². The number of sulfonamides is 1. The van der Waals surface area contributed by atoms with Gasteiger partial charge in [0.05, 0.1) is 5.69 Å². The predicted molar refractivity (Wildman–Crippen MR) is 76.9 cm³/mol. The van der Waals surface area contributed by atoms with Crippen molar-refractivity contribution in [3.8, 4) is 0 Å². The van der Waals surface area contributed by atoms with E-state index in [-0.39, 0.29) is 10.8 Å². The van der Waals surface area contributed by atoms with E-state index in [1.807, 2.05) is 0 Å². The maximum absolute atomic E-state index is 12.1. The fourth-order valence-electron chi connectivity index (χ4n) is 2.20. The first-order valence-corrected chi connectivity index (χ1v) is 7.72. The SMILES string of the molecule is CNS(=O)(=O)c1cc(N)ccc1N1CCNC(=O)C1C. The van der Waals surface area contributed by atoms with Crippen molar-refractivity contribution < 1.29 is 13.2 Å². The van der Waals surface area contributed by atoms with Gasteiger partial charge < -0.3 is 16.0 Å². The molecule has 8 heteroatoms. The smallest absolute Gasteiger partial charge is 0.242 e. The van der Waals surface area contributed by atoms with Crippen molar-refractivity contribution in [2.45, 2.75) is 17.9 Å². The minimum atomic E-state index is -3.64. The number of carbonyl (C=O) groups is 1. The fourth-order valence-corrected chi connectivity index (χ4v) is 3.18. The summed E-state index contributed by atoms with van der Waals surface area (Å²) in [5, 5.41) is 2.74. The van der Waals surface area contributed by atoms with Gasteiger partial charge in [-0.1, -0.05) is 0 Å². The van der Waals surface area contributed by atoms with Gasteiger partial charge in [-0.15, -0.1) is 0 Å². The molecule has 0 radical (unpaired) electrons. The Bertz CT molecular complexity index is 630. The highest BCUT2D eigenvalue weighted by atomic mass is 32.2. The van der Waals surface area contributed by atoms with E-state index in [1.165, 1.54) is 13.1 Å². The van der Waals surface area contributed by atoms with Crippen LogP contribution in [0.3, 0.4) is 0 Å². The molecular weight excluding hydrogens is 280 g/mol. The minimum Gasteiger partial charge on any atom is -0.399 e. The zero-order chi connectivity index (χ0) is 14.9. The van der Waals surface area contributed by atoms with E-state index in [1.54, 1.807) is 24.0 Å². The summed E-state index contributed by atoms with van der Waals surface area (Å²) in [6.07, 6.45) is 0. The molecule has 0 aromatic heterocycles. The van der Waals surface area contributed by atoms with Crippen LogP contribution in [0.5, 0.6) is 0 Å². The maximum atomic E-state index is 12.1. The Morgan fingerprint density at radius 1 is 1.45 bits per heavy atom. The van der Waals surface area contributed by atoms with Crippen molar-refractivity contribution in [1.82, 2.24) is 10.0 Å². The molecule has 1 aliphatic rings.